The Morgan fingerprint density at radius 1 is 1.37 bits per heavy atom. The molecule has 6 N–H and O–H groups in total. The number of halogens is 1. The summed E-state index contributed by atoms with van der Waals surface area (Å²) < 4.78 is 0.516. The zero-order valence-corrected chi connectivity index (χ0v) is 11.3. The Bertz CT molecular complexity index is 533. The molecule has 0 radical (unpaired) electrons. The zero-order chi connectivity index (χ0) is 14.6. The van der Waals surface area contributed by atoms with Gasteiger partial charge in [0.15, 0.2) is 0 Å². The Labute approximate surface area is 117 Å². The van der Waals surface area contributed by atoms with Crippen molar-refractivity contribution in [3.63, 3.8) is 0 Å². The number of primary amides is 1. The Kier molecular flexibility index (Phi) is 4.87. The van der Waals surface area contributed by atoms with E-state index in [1.54, 1.807) is 0 Å². The summed E-state index contributed by atoms with van der Waals surface area (Å²) in [5.41, 5.74) is 11.1. The molecule has 7 nitrogen and oxygen atoms in total. The molecule has 102 valence electrons. The van der Waals surface area contributed by atoms with E-state index in [2.05, 4.69) is 21.2 Å². The third-order valence-electron chi connectivity index (χ3n) is 2.27. The molecule has 0 aliphatic rings. The number of carbonyl (C=O) groups is 3. The van der Waals surface area contributed by atoms with Crippen LogP contribution in [-0.2, 0) is 9.59 Å². The van der Waals surface area contributed by atoms with Gasteiger partial charge >= 0.3 is 5.97 Å². The van der Waals surface area contributed by atoms with Crippen LogP contribution in [-0.4, -0.2) is 28.9 Å². The summed E-state index contributed by atoms with van der Waals surface area (Å²) in [6.45, 7) is 0. The first-order valence-corrected chi connectivity index (χ1v) is 5.97. The lowest BCUT2D eigenvalue weighted by molar-refractivity contribution is -0.140. The van der Waals surface area contributed by atoms with E-state index < -0.39 is 30.2 Å². The number of nitrogens with two attached hydrogens (primary N) is 2. The second-order valence-corrected chi connectivity index (χ2v) is 4.63. The normalized spacial score (nSPS) is 11.6. The van der Waals surface area contributed by atoms with E-state index in [1.165, 1.54) is 18.2 Å². The maximum atomic E-state index is 11.8. The Hall–Kier alpha value is -2.09. The number of carboxylic acid groups (broad SMARTS) is 1. The maximum absolute atomic E-state index is 11.8. The van der Waals surface area contributed by atoms with Crippen molar-refractivity contribution < 1.29 is 19.5 Å². The third-order valence-corrected chi connectivity index (χ3v) is 2.96. The lowest BCUT2D eigenvalue weighted by atomic mass is 10.1. The zero-order valence-electron chi connectivity index (χ0n) is 9.72. The SMILES string of the molecule is NC(=O)C[C@@H](NC(=O)c1ccc(N)c(Br)c1)C(=O)O. The highest BCUT2D eigenvalue weighted by atomic mass is 79.9. The number of nitrogen functional groups attached to an aromatic ring is 1. The largest absolute Gasteiger partial charge is 0.480 e. The molecule has 0 aromatic heterocycles. The van der Waals surface area contributed by atoms with Gasteiger partial charge < -0.3 is 21.9 Å². The molecule has 19 heavy (non-hydrogen) atoms. The Morgan fingerprint density at radius 2 is 2.00 bits per heavy atom. The highest BCUT2D eigenvalue weighted by molar-refractivity contribution is 9.10. The van der Waals surface area contributed by atoms with E-state index in [1.807, 2.05) is 0 Å². The minimum absolute atomic E-state index is 0.219. The molecule has 1 aromatic rings. The molecule has 0 saturated heterocycles. The minimum atomic E-state index is -1.36. The summed E-state index contributed by atoms with van der Waals surface area (Å²) in [5.74, 6) is -2.78. The van der Waals surface area contributed by atoms with E-state index in [4.69, 9.17) is 16.6 Å². The average Bonchev–Trinajstić information content (AvgIpc) is 2.31. The van der Waals surface area contributed by atoms with Crippen LogP contribution in [0.15, 0.2) is 22.7 Å². The number of benzene rings is 1. The van der Waals surface area contributed by atoms with Gasteiger partial charge in [0.2, 0.25) is 5.91 Å². The first-order valence-electron chi connectivity index (χ1n) is 5.18. The predicted molar refractivity (Wildman–Crippen MR) is 71.3 cm³/mol. The van der Waals surface area contributed by atoms with Crippen molar-refractivity contribution in [2.75, 3.05) is 5.73 Å². The minimum Gasteiger partial charge on any atom is -0.480 e. The van der Waals surface area contributed by atoms with Gasteiger partial charge in [-0.1, -0.05) is 0 Å². The molecule has 0 spiro atoms. The quantitative estimate of drug-likeness (QED) is 0.567. The van der Waals surface area contributed by atoms with Gasteiger partial charge in [-0.15, -0.1) is 0 Å². The van der Waals surface area contributed by atoms with Gasteiger partial charge in [0, 0.05) is 15.7 Å². The van der Waals surface area contributed by atoms with Gasteiger partial charge in [-0.2, -0.15) is 0 Å². The van der Waals surface area contributed by atoms with E-state index in [-0.39, 0.29) is 5.56 Å². The molecule has 2 amide bonds. The molecule has 0 fully saturated rings. The summed E-state index contributed by atoms with van der Waals surface area (Å²) in [6.07, 6.45) is -0.475. The number of hydrogen-bond acceptors (Lipinski definition) is 4. The number of carbonyl (C=O) groups excluding carboxylic acids is 2. The number of anilines is 1. The fraction of sp³-hybridized carbons (Fsp3) is 0.182. The van der Waals surface area contributed by atoms with Crippen molar-refractivity contribution in [1.82, 2.24) is 5.32 Å². The smallest absolute Gasteiger partial charge is 0.326 e. The topological polar surface area (TPSA) is 136 Å². The lowest BCUT2D eigenvalue weighted by Gasteiger charge is -2.13. The van der Waals surface area contributed by atoms with Crippen LogP contribution in [0.25, 0.3) is 0 Å². The summed E-state index contributed by atoms with van der Waals surface area (Å²) in [6, 6.07) is 3.04. The number of amides is 2. The molecule has 1 atom stereocenters. The highest BCUT2D eigenvalue weighted by Gasteiger charge is 2.22. The van der Waals surface area contributed by atoms with Crippen LogP contribution in [0.2, 0.25) is 0 Å². The van der Waals surface area contributed by atoms with Crippen LogP contribution in [0.1, 0.15) is 16.8 Å². The van der Waals surface area contributed by atoms with Crippen molar-refractivity contribution in [2.45, 2.75) is 12.5 Å². The number of nitrogens with one attached hydrogen (secondary N) is 1. The van der Waals surface area contributed by atoms with E-state index in [0.717, 1.165) is 0 Å². The van der Waals surface area contributed by atoms with Gasteiger partial charge in [-0.3, -0.25) is 9.59 Å². The molecule has 0 saturated carbocycles. The van der Waals surface area contributed by atoms with Gasteiger partial charge in [-0.25, -0.2) is 4.79 Å². The first-order chi connectivity index (χ1) is 8.81. The van der Waals surface area contributed by atoms with Crippen molar-refractivity contribution in [1.29, 1.82) is 0 Å². The number of rotatable bonds is 5. The number of carboxylic acids is 1. The lowest BCUT2D eigenvalue weighted by Crippen LogP contribution is -2.43. The first kappa shape index (κ1) is 15.0. The fourth-order valence-corrected chi connectivity index (χ4v) is 1.69. The van der Waals surface area contributed by atoms with Crippen LogP contribution >= 0.6 is 15.9 Å². The van der Waals surface area contributed by atoms with Crippen molar-refractivity contribution in [3.8, 4) is 0 Å². The monoisotopic (exact) mass is 329 g/mol. The maximum Gasteiger partial charge on any atom is 0.326 e. The third kappa shape index (κ3) is 4.25. The van der Waals surface area contributed by atoms with Crippen molar-refractivity contribution >= 4 is 39.4 Å². The Morgan fingerprint density at radius 3 is 2.47 bits per heavy atom. The molecule has 0 aliphatic heterocycles. The summed E-state index contributed by atoms with van der Waals surface area (Å²) in [5, 5.41) is 11.1. The number of hydrogen-bond donors (Lipinski definition) is 4. The molecular formula is C11H12BrN3O4. The van der Waals surface area contributed by atoms with Crippen LogP contribution in [0.4, 0.5) is 5.69 Å². The second-order valence-electron chi connectivity index (χ2n) is 3.77. The van der Waals surface area contributed by atoms with Crippen LogP contribution in [0, 0.1) is 0 Å². The number of aliphatic carboxylic acids is 1. The van der Waals surface area contributed by atoms with Gasteiger partial charge in [0.1, 0.15) is 6.04 Å². The molecule has 0 unspecified atom stereocenters. The van der Waals surface area contributed by atoms with Gasteiger partial charge in [0.25, 0.3) is 5.91 Å². The molecule has 0 bridgehead atoms. The van der Waals surface area contributed by atoms with Gasteiger partial charge in [-0.05, 0) is 34.1 Å². The van der Waals surface area contributed by atoms with E-state index in [9.17, 15) is 14.4 Å². The van der Waals surface area contributed by atoms with Crippen molar-refractivity contribution in [3.05, 3.63) is 28.2 Å². The van der Waals surface area contributed by atoms with Crippen molar-refractivity contribution in [2.24, 2.45) is 5.73 Å². The predicted octanol–water partition coefficient (Wildman–Crippen LogP) is 0.0897. The summed E-state index contributed by atoms with van der Waals surface area (Å²) in [7, 11) is 0. The fourth-order valence-electron chi connectivity index (χ4n) is 1.31. The molecular weight excluding hydrogens is 318 g/mol. The average molecular weight is 330 g/mol. The highest BCUT2D eigenvalue weighted by Crippen LogP contribution is 2.20. The molecule has 0 heterocycles. The van der Waals surface area contributed by atoms with Crippen LogP contribution < -0.4 is 16.8 Å². The molecule has 1 aromatic carbocycles. The molecule has 8 heteroatoms. The molecule has 1 rings (SSSR count). The van der Waals surface area contributed by atoms with Crippen LogP contribution in [0.5, 0.6) is 0 Å². The van der Waals surface area contributed by atoms with Gasteiger partial charge in [0.05, 0.1) is 6.42 Å². The second kappa shape index (κ2) is 6.19. The summed E-state index contributed by atoms with van der Waals surface area (Å²) in [4.78, 5) is 33.4. The van der Waals surface area contributed by atoms with Crippen LogP contribution in [0.3, 0.4) is 0 Å². The standard InChI is InChI=1S/C11H12BrN3O4/c12-6-3-5(1-2-7(6)13)10(17)15-8(11(18)19)4-9(14)16/h1-3,8H,4,13H2,(H2,14,16)(H,15,17)(H,18,19)/t8-/m1/s1. The van der Waals surface area contributed by atoms with E-state index >= 15 is 0 Å². The summed E-state index contributed by atoms with van der Waals surface area (Å²) >= 11 is 3.15. The van der Waals surface area contributed by atoms with E-state index in [0.29, 0.717) is 10.2 Å². The Balaban J connectivity index is 2.84. The molecule has 0 aliphatic carbocycles.